The van der Waals surface area contributed by atoms with Crippen LogP contribution >= 0.6 is 0 Å². The van der Waals surface area contributed by atoms with E-state index < -0.39 is 6.10 Å². The molecule has 1 N–H and O–H groups in total. The third-order valence-electron chi connectivity index (χ3n) is 4.27. The molecule has 4 nitrogen and oxygen atoms in total. The molecule has 2 unspecified atom stereocenters. The quantitative estimate of drug-likeness (QED) is 0.846. The van der Waals surface area contributed by atoms with E-state index in [1.807, 2.05) is 12.5 Å². The number of aliphatic hydroxyl groups is 1. The number of hydrogen-bond donors (Lipinski definition) is 1. The summed E-state index contributed by atoms with van der Waals surface area (Å²) in [6, 6.07) is 6.64. The summed E-state index contributed by atoms with van der Waals surface area (Å²) in [6.07, 6.45) is 3.36. The van der Waals surface area contributed by atoms with Crippen LogP contribution in [-0.4, -0.2) is 34.0 Å². The van der Waals surface area contributed by atoms with Crippen LogP contribution in [0.25, 0.3) is 11.3 Å². The van der Waals surface area contributed by atoms with Crippen molar-refractivity contribution in [1.82, 2.24) is 9.55 Å². The maximum absolute atomic E-state index is 10.1. The largest absolute Gasteiger partial charge is 0.390 e. The van der Waals surface area contributed by atoms with Crippen LogP contribution in [0.2, 0.25) is 0 Å². The molecule has 0 spiro atoms. The van der Waals surface area contributed by atoms with Crippen LogP contribution in [-0.2, 0) is 4.74 Å². The summed E-state index contributed by atoms with van der Waals surface area (Å²) in [5.74, 6) is 0.107. The van der Waals surface area contributed by atoms with Crippen molar-refractivity contribution in [2.75, 3.05) is 13.2 Å². The molecule has 98 valence electrons. The van der Waals surface area contributed by atoms with E-state index in [-0.39, 0.29) is 12.0 Å². The number of fused-ring (bicyclic) bond motifs is 3. The zero-order chi connectivity index (χ0) is 13.0. The maximum Gasteiger partial charge on any atom is 0.0956 e. The highest BCUT2D eigenvalue weighted by atomic mass is 16.5. The highest BCUT2D eigenvalue weighted by Crippen LogP contribution is 2.45. The highest BCUT2D eigenvalue weighted by molar-refractivity contribution is 5.69. The van der Waals surface area contributed by atoms with E-state index >= 15 is 0 Å². The van der Waals surface area contributed by atoms with Gasteiger partial charge in [-0.1, -0.05) is 23.8 Å². The third kappa shape index (κ3) is 1.50. The van der Waals surface area contributed by atoms with Crippen LogP contribution in [0.5, 0.6) is 0 Å². The second-order valence-electron chi connectivity index (χ2n) is 5.49. The topological polar surface area (TPSA) is 47.3 Å². The highest BCUT2D eigenvalue weighted by Gasteiger charge is 2.40. The predicted molar refractivity (Wildman–Crippen MR) is 70.9 cm³/mol. The fraction of sp³-hybridized carbons (Fsp3) is 0.400. The molecule has 1 aromatic heterocycles. The lowest BCUT2D eigenvalue weighted by atomic mass is 9.89. The zero-order valence-corrected chi connectivity index (χ0v) is 10.8. The molecular weight excluding hydrogens is 240 g/mol. The molecule has 2 aliphatic rings. The molecule has 19 heavy (non-hydrogen) atoms. The lowest BCUT2D eigenvalue weighted by molar-refractivity contribution is 0.111. The van der Waals surface area contributed by atoms with E-state index in [2.05, 4.69) is 34.7 Å². The molecule has 3 heterocycles. The number of nitrogens with zero attached hydrogens (tertiary/aromatic N) is 2. The van der Waals surface area contributed by atoms with Crippen molar-refractivity contribution in [2.24, 2.45) is 5.92 Å². The Morgan fingerprint density at radius 1 is 1.37 bits per heavy atom. The van der Waals surface area contributed by atoms with Gasteiger partial charge in [0, 0.05) is 11.5 Å². The van der Waals surface area contributed by atoms with Gasteiger partial charge in [0.25, 0.3) is 0 Å². The fourth-order valence-electron chi connectivity index (χ4n) is 3.34. The molecule has 3 atom stereocenters. The number of aromatic nitrogens is 2. The van der Waals surface area contributed by atoms with Gasteiger partial charge in [-0.3, -0.25) is 0 Å². The molecule has 2 aromatic rings. The Morgan fingerprint density at radius 3 is 3.05 bits per heavy atom. The van der Waals surface area contributed by atoms with E-state index in [4.69, 9.17) is 4.74 Å². The van der Waals surface area contributed by atoms with Gasteiger partial charge in [0.1, 0.15) is 0 Å². The lowest BCUT2D eigenvalue weighted by Crippen LogP contribution is -2.27. The molecule has 0 radical (unpaired) electrons. The average Bonchev–Trinajstić information content (AvgIpc) is 3.05. The smallest absolute Gasteiger partial charge is 0.0956 e. The van der Waals surface area contributed by atoms with Crippen molar-refractivity contribution < 1.29 is 9.84 Å². The fourth-order valence-corrected chi connectivity index (χ4v) is 3.34. The summed E-state index contributed by atoms with van der Waals surface area (Å²) in [7, 11) is 0. The second kappa shape index (κ2) is 3.92. The first-order valence-electron chi connectivity index (χ1n) is 6.64. The Morgan fingerprint density at radius 2 is 2.26 bits per heavy atom. The predicted octanol–water partition coefficient (Wildman–Crippen LogP) is 1.77. The summed E-state index contributed by atoms with van der Waals surface area (Å²) in [4.78, 5) is 4.25. The SMILES string of the molecule is Cc1ccc2c(c1)[C@H](C1COCC1O)n1cncc1-2. The molecule has 1 saturated heterocycles. The first kappa shape index (κ1) is 11.2. The molecule has 1 aromatic carbocycles. The van der Waals surface area contributed by atoms with Crippen molar-refractivity contribution in [1.29, 1.82) is 0 Å². The minimum Gasteiger partial charge on any atom is -0.390 e. The van der Waals surface area contributed by atoms with Crippen molar-refractivity contribution in [3.63, 3.8) is 0 Å². The molecule has 0 aliphatic carbocycles. The van der Waals surface area contributed by atoms with Gasteiger partial charge in [-0.15, -0.1) is 0 Å². The van der Waals surface area contributed by atoms with Crippen LogP contribution in [0.15, 0.2) is 30.7 Å². The van der Waals surface area contributed by atoms with Crippen LogP contribution < -0.4 is 0 Å². The van der Waals surface area contributed by atoms with Gasteiger partial charge in [0.15, 0.2) is 0 Å². The number of ether oxygens (including phenoxy) is 1. The van der Waals surface area contributed by atoms with Gasteiger partial charge in [-0.05, 0) is 12.5 Å². The average molecular weight is 256 g/mol. The lowest BCUT2D eigenvalue weighted by Gasteiger charge is -2.23. The van der Waals surface area contributed by atoms with E-state index in [9.17, 15) is 5.11 Å². The minimum atomic E-state index is -0.397. The Labute approximate surface area is 111 Å². The van der Waals surface area contributed by atoms with Gasteiger partial charge in [0.2, 0.25) is 0 Å². The van der Waals surface area contributed by atoms with Gasteiger partial charge >= 0.3 is 0 Å². The number of rotatable bonds is 1. The molecule has 0 bridgehead atoms. The summed E-state index contributed by atoms with van der Waals surface area (Å²) in [6.45, 7) is 3.15. The molecule has 0 amide bonds. The maximum atomic E-state index is 10.1. The number of imidazole rings is 1. The number of aliphatic hydroxyl groups excluding tert-OH is 1. The van der Waals surface area contributed by atoms with E-state index in [0.717, 1.165) is 5.69 Å². The minimum absolute atomic E-state index is 0.107. The van der Waals surface area contributed by atoms with E-state index in [1.165, 1.54) is 16.7 Å². The molecular formula is C15H16N2O2. The van der Waals surface area contributed by atoms with Crippen molar-refractivity contribution in [2.45, 2.75) is 19.1 Å². The normalized spacial score (nSPS) is 28.4. The van der Waals surface area contributed by atoms with Gasteiger partial charge in [-0.2, -0.15) is 0 Å². The Bertz CT molecular complexity index is 635. The monoisotopic (exact) mass is 256 g/mol. The van der Waals surface area contributed by atoms with Gasteiger partial charge < -0.3 is 14.4 Å². The summed E-state index contributed by atoms with van der Waals surface area (Å²) in [5.41, 5.74) is 4.90. The molecule has 2 aliphatic heterocycles. The molecule has 1 fully saturated rings. The number of aryl methyl sites for hydroxylation is 1. The summed E-state index contributed by atoms with van der Waals surface area (Å²) in [5, 5.41) is 10.1. The van der Waals surface area contributed by atoms with Crippen molar-refractivity contribution >= 4 is 0 Å². The third-order valence-corrected chi connectivity index (χ3v) is 4.27. The van der Waals surface area contributed by atoms with E-state index in [1.54, 1.807) is 0 Å². The molecule has 4 rings (SSSR count). The molecule has 4 heteroatoms. The Balaban J connectivity index is 1.90. The Kier molecular flexibility index (Phi) is 2.31. The van der Waals surface area contributed by atoms with Crippen LogP contribution in [0, 0.1) is 12.8 Å². The van der Waals surface area contributed by atoms with Crippen molar-refractivity contribution in [3.8, 4) is 11.3 Å². The first-order valence-corrected chi connectivity index (χ1v) is 6.64. The second-order valence-corrected chi connectivity index (χ2v) is 5.49. The van der Waals surface area contributed by atoms with Crippen LogP contribution in [0.4, 0.5) is 0 Å². The van der Waals surface area contributed by atoms with Crippen molar-refractivity contribution in [3.05, 3.63) is 41.9 Å². The van der Waals surface area contributed by atoms with Crippen LogP contribution in [0.1, 0.15) is 17.2 Å². The summed E-state index contributed by atoms with van der Waals surface area (Å²) < 4.78 is 7.61. The Hall–Kier alpha value is -1.65. The van der Waals surface area contributed by atoms with Crippen LogP contribution in [0.3, 0.4) is 0 Å². The van der Waals surface area contributed by atoms with Gasteiger partial charge in [0.05, 0.1) is 43.6 Å². The van der Waals surface area contributed by atoms with E-state index in [0.29, 0.717) is 13.2 Å². The number of benzene rings is 1. The molecule has 0 saturated carbocycles. The summed E-state index contributed by atoms with van der Waals surface area (Å²) >= 11 is 0. The zero-order valence-electron chi connectivity index (χ0n) is 10.8. The first-order chi connectivity index (χ1) is 9.25. The van der Waals surface area contributed by atoms with Gasteiger partial charge in [-0.25, -0.2) is 4.98 Å². The standard InChI is InChI=1S/C15H16N2O2/c1-9-2-3-10-11(4-9)15(12-6-19-7-14(12)18)17-8-16-5-13(10)17/h2-5,8,12,14-15,18H,6-7H2,1H3/t12?,14?,15-/m1/s1. The number of hydrogen-bond acceptors (Lipinski definition) is 3.